The van der Waals surface area contributed by atoms with Gasteiger partial charge in [0.2, 0.25) is 0 Å². The molecule has 0 radical (unpaired) electrons. The van der Waals surface area contributed by atoms with Crippen molar-refractivity contribution in [2.45, 2.75) is 26.0 Å². The highest BCUT2D eigenvalue weighted by molar-refractivity contribution is 6.04. The van der Waals surface area contributed by atoms with Gasteiger partial charge in [-0.25, -0.2) is 0 Å². The van der Waals surface area contributed by atoms with Gasteiger partial charge in [0, 0.05) is 0 Å². The molecule has 1 aliphatic heterocycles. The predicted octanol–water partition coefficient (Wildman–Crippen LogP) is 0.809. The summed E-state index contributed by atoms with van der Waals surface area (Å²) in [6.45, 7) is 3.06. The molecular weight excluding hydrogens is 200 g/mol. The summed E-state index contributed by atoms with van der Waals surface area (Å²) in [5.74, 6) is 0. The summed E-state index contributed by atoms with van der Waals surface area (Å²) in [5.41, 5.74) is -3.71. The largest absolute Gasteiger partial charge is 0.481 e. The van der Waals surface area contributed by atoms with E-state index >= 15 is 0 Å². The van der Waals surface area contributed by atoms with Gasteiger partial charge in [-0.05, 0) is 13.3 Å². The van der Waals surface area contributed by atoms with E-state index in [2.05, 4.69) is 9.99 Å². The fourth-order valence-corrected chi connectivity index (χ4v) is 1.44. The predicted molar refractivity (Wildman–Crippen MR) is 47.9 cm³/mol. The molecule has 7 heteroatoms. The third kappa shape index (κ3) is 1.07. The Bertz CT molecular complexity index is 419. The number of hydrogen-bond acceptors (Lipinski definition) is 6. The van der Waals surface area contributed by atoms with Gasteiger partial charge in [-0.1, -0.05) is 12.1 Å². The Balaban J connectivity index is 3.36. The lowest BCUT2D eigenvalue weighted by atomic mass is 9.74. The molecule has 1 rings (SSSR count). The topological polar surface area (TPSA) is 112 Å². The lowest BCUT2D eigenvalue weighted by molar-refractivity contribution is -0.623. The van der Waals surface area contributed by atoms with Crippen LogP contribution in [-0.2, 0) is 4.84 Å². The highest BCUT2D eigenvalue weighted by atomic mass is 16.7. The highest BCUT2D eigenvalue weighted by Gasteiger charge is 2.69. The van der Waals surface area contributed by atoms with Crippen LogP contribution >= 0.6 is 0 Å². The Morgan fingerprint density at radius 2 is 2.27 bits per heavy atom. The maximum absolute atomic E-state index is 10.9. The molecule has 7 nitrogen and oxygen atoms in total. The van der Waals surface area contributed by atoms with Crippen molar-refractivity contribution < 1.29 is 9.76 Å². The molecule has 0 saturated heterocycles. The standard InChI is InChI=1S/C8H8N4O3/c1-3-7(2)6(4-9)11-15-8(7,5-10)12(13)14/h3H2,1-2H3/t7-,8-/m0/s1. The second-order valence-corrected chi connectivity index (χ2v) is 3.34. The average Bonchev–Trinajstić information content (AvgIpc) is 2.52. The van der Waals surface area contributed by atoms with Gasteiger partial charge in [0.1, 0.15) is 11.5 Å². The van der Waals surface area contributed by atoms with Crippen LogP contribution in [0.1, 0.15) is 20.3 Å². The lowest BCUT2D eigenvalue weighted by Crippen LogP contribution is -2.52. The maximum atomic E-state index is 10.9. The molecule has 1 heterocycles. The van der Waals surface area contributed by atoms with Crippen LogP contribution in [-0.4, -0.2) is 16.4 Å². The monoisotopic (exact) mass is 208 g/mol. The molecule has 0 aromatic heterocycles. The number of nitrogens with zero attached hydrogens (tertiary/aromatic N) is 4. The van der Waals surface area contributed by atoms with E-state index in [4.69, 9.17) is 10.5 Å². The zero-order valence-corrected chi connectivity index (χ0v) is 8.22. The van der Waals surface area contributed by atoms with Crippen molar-refractivity contribution in [1.82, 2.24) is 0 Å². The first-order chi connectivity index (χ1) is 6.98. The molecule has 0 fully saturated rings. The highest BCUT2D eigenvalue weighted by Crippen LogP contribution is 2.43. The third-order valence-corrected chi connectivity index (χ3v) is 2.76. The van der Waals surface area contributed by atoms with E-state index in [9.17, 15) is 10.1 Å². The zero-order valence-electron chi connectivity index (χ0n) is 8.22. The van der Waals surface area contributed by atoms with Gasteiger partial charge in [0.15, 0.2) is 11.8 Å². The smallest absolute Gasteiger partial charge is 0.303 e. The van der Waals surface area contributed by atoms with Crippen molar-refractivity contribution >= 4 is 5.71 Å². The number of rotatable bonds is 2. The van der Waals surface area contributed by atoms with E-state index < -0.39 is 16.1 Å². The van der Waals surface area contributed by atoms with Crippen LogP contribution in [0.25, 0.3) is 0 Å². The van der Waals surface area contributed by atoms with Crippen LogP contribution in [0, 0.1) is 38.2 Å². The summed E-state index contributed by atoms with van der Waals surface area (Å²) in [6, 6.07) is 3.21. The Morgan fingerprint density at radius 3 is 2.60 bits per heavy atom. The van der Waals surface area contributed by atoms with Gasteiger partial charge in [0.05, 0.1) is 4.92 Å². The van der Waals surface area contributed by atoms with E-state index in [1.807, 2.05) is 0 Å². The Kier molecular flexibility index (Phi) is 2.34. The van der Waals surface area contributed by atoms with E-state index in [-0.39, 0.29) is 12.1 Å². The molecule has 1 aliphatic rings. The maximum Gasteiger partial charge on any atom is 0.481 e. The van der Waals surface area contributed by atoms with E-state index in [0.717, 1.165) is 0 Å². The second-order valence-electron chi connectivity index (χ2n) is 3.34. The molecule has 0 amide bonds. The van der Waals surface area contributed by atoms with Crippen molar-refractivity contribution in [3.8, 4) is 12.1 Å². The molecular formula is C8H8N4O3. The van der Waals surface area contributed by atoms with Crippen molar-refractivity contribution in [2.75, 3.05) is 0 Å². The third-order valence-electron chi connectivity index (χ3n) is 2.76. The van der Waals surface area contributed by atoms with Crippen LogP contribution < -0.4 is 0 Å². The molecule has 0 aromatic carbocycles. The van der Waals surface area contributed by atoms with Crippen molar-refractivity contribution in [3.05, 3.63) is 10.1 Å². The minimum atomic E-state index is -2.28. The Morgan fingerprint density at radius 1 is 1.67 bits per heavy atom. The number of hydrogen-bond donors (Lipinski definition) is 0. The minimum absolute atomic E-state index is 0.122. The summed E-state index contributed by atoms with van der Waals surface area (Å²) in [5, 5.41) is 31.8. The van der Waals surface area contributed by atoms with E-state index in [0.29, 0.717) is 0 Å². The summed E-state index contributed by atoms with van der Waals surface area (Å²) < 4.78 is 0. The van der Waals surface area contributed by atoms with E-state index in [1.54, 1.807) is 13.0 Å². The summed E-state index contributed by atoms with van der Waals surface area (Å²) in [6.07, 6.45) is 0.216. The molecule has 2 atom stereocenters. The molecule has 0 aromatic rings. The van der Waals surface area contributed by atoms with Gasteiger partial charge in [-0.3, -0.25) is 10.1 Å². The van der Waals surface area contributed by atoms with Crippen LogP contribution in [0.4, 0.5) is 0 Å². The van der Waals surface area contributed by atoms with Crippen LogP contribution in [0.5, 0.6) is 0 Å². The summed E-state index contributed by atoms with van der Waals surface area (Å²) >= 11 is 0. The van der Waals surface area contributed by atoms with E-state index in [1.165, 1.54) is 13.0 Å². The first-order valence-corrected chi connectivity index (χ1v) is 4.21. The lowest BCUT2D eigenvalue weighted by Gasteiger charge is -2.25. The van der Waals surface area contributed by atoms with Gasteiger partial charge in [-0.2, -0.15) is 10.5 Å². The quantitative estimate of drug-likeness (QED) is 0.492. The fourth-order valence-electron chi connectivity index (χ4n) is 1.44. The second kappa shape index (κ2) is 3.21. The van der Waals surface area contributed by atoms with Gasteiger partial charge in [0.25, 0.3) is 0 Å². The normalized spacial score (nSPS) is 33.5. The Hall–Kier alpha value is -2.15. The van der Waals surface area contributed by atoms with Gasteiger partial charge in [-0.15, -0.1) is 0 Å². The summed E-state index contributed by atoms with van der Waals surface area (Å²) in [7, 11) is 0. The number of nitriles is 2. The first-order valence-electron chi connectivity index (χ1n) is 4.21. The minimum Gasteiger partial charge on any atom is -0.303 e. The molecule has 0 aliphatic carbocycles. The SMILES string of the molecule is CC[C@@]1(C)C(C#N)=NO[C@]1(C#N)[N+](=O)[O-]. The van der Waals surface area contributed by atoms with Crippen LogP contribution in [0.2, 0.25) is 0 Å². The molecule has 0 unspecified atom stereocenters. The van der Waals surface area contributed by atoms with Crippen LogP contribution in [0.3, 0.4) is 0 Å². The molecule has 0 saturated carbocycles. The molecule has 15 heavy (non-hydrogen) atoms. The van der Waals surface area contributed by atoms with Gasteiger partial charge < -0.3 is 4.84 Å². The molecule has 0 N–H and O–H groups in total. The number of nitro groups is 1. The first kappa shape index (κ1) is 10.9. The summed E-state index contributed by atoms with van der Waals surface area (Å²) in [4.78, 5) is 14.6. The Labute approximate surface area is 85.7 Å². The molecule has 78 valence electrons. The van der Waals surface area contributed by atoms with Crippen molar-refractivity contribution in [2.24, 2.45) is 10.6 Å². The van der Waals surface area contributed by atoms with Crippen molar-refractivity contribution in [3.63, 3.8) is 0 Å². The average molecular weight is 208 g/mol. The zero-order chi connectivity index (χ0) is 11.7. The number of oxime groups is 1. The van der Waals surface area contributed by atoms with Gasteiger partial charge >= 0.3 is 5.72 Å². The fraction of sp³-hybridized carbons (Fsp3) is 0.625. The van der Waals surface area contributed by atoms with Crippen LogP contribution in [0.15, 0.2) is 5.16 Å². The molecule has 0 spiro atoms. The van der Waals surface area contributed by atoms with Crippen molar-refractivity contribution in [1.29, 1.82) is 10.5 Å². The molecule has 0 bridgehead atoms.